The minimum absolute atomic E-state index is 0.178. The number of rotatable bonds is 5. The molecule has 1 aromatic carbocycles. The van der Waals surface area contributed by atoms with Gasteiger partial charge in [-0.15, -0.1) is 0 Å². The summed E-state index contributed by atoms with van der Waals surface area (Å²) >= 11 is 0. The van der Waals surface area contributed by atoms with Crippen molar-refractivity contribution in [2.45, 2.75) is 32.2 Å². The number of fused-ring (bicyclic) bond motifs is 3. The molecule has 0 unspecified atom stereocenters. The number of pyridine rings is 3. The van der Waals surface area contributed by atoms with Crippen molar-refractivity contribution >= 4 is 21.9 Å². The third-order valence-electron chi connectivity index (χ3n) is 6.29. The summed E-state index contributed by atoms with van der Waals surface area (Å²) in [6.45, 7) is 2.46. The molecule has 6 rings (SSSR count). The van der Waals surface area contributed by atoms with E-state index < -0.39 is 0 Å². The van der Waals surface area contributed by atoms with E-state index in [1.807, 2.05) is 54.2 Å². The lowest BCUT2D eigenvalue weighted by atomic mass is 10.1. The average Bonchev–Trinajstić information content (AvgIpc) is 3.60. The van der Waals surface area contributed by atoms with Crippen LogP contribution >= 0.6 is 0 Å². The van der Waals surface area contributed by atoms with E-state index in [0.717, 1.165) is 52.0 Å². The number of nitrogens with zero attached hydrogens (tertiary/aromatic N) is 5. The second kappa shape index (κ2) is 7.55. The number of ether oxygens (including phenoxy) is 1. The minimum atomic E-state index is -0.178. The standard InChI is InChI=1S/C26H23N5O2/c1-16-23(4-3-13-27-16)31-25-20(11-12-22(28-25)18-7-8-18)21-15-30(29-24(21)26(31)32)14-17-5-9-19(33-2)10-6-17/h3-6,9-13,15,18H,7-8,14H2,1-2H3. The fourth-order valence-corrected chi connectivity index (χ4v) is 4.36. The number of hydrogen-bond acceptors (Lipinski definition) is 5. The third kappa shape index (κ3) is 3.36. The van der Waals surface area contributed by atoms with Gasteiger partial charge in [-0.3, -0.25) is 19.0 Å². The van der Waals surface area contributed by atoms with Crippen LogP contribution in [0.5, 0.6) is 5.75 Å². The largest absolute Gasteiger partial charge is 0.497 e. The zero-order valence-electron chi connectivity index (χ0n) is 18.5. The van der Waals surface area contributed by atoms with Crippen LogP contribution in [-0.2, 0) is 6.54 Å². The van der Waals surface area contributed by atoms with Gasteiger partial charge in [0.05, 0.1) is 25.0 Å². The van der Waals surface area contributed by atoms with Crippen LogP contribution in [0.3, 0.4) is 0 Å². The first kappa shape index (κ1) is 19.7. The molecule has 0 bridgehead atoms. The molecule has 5 aromatic rings. The zero-order valence-corrected chi connectivity index (χ0v) is 18.5. The van der Waals surface area contributed by atoms with Gasteiger partial charge < -0.3 is 4.74 Å². The molecule has 0 aliphatic heterocycles. The van der Waals surface area contributed by atoms with E-state index in [0.29, 0.717) is 23.6 Å². The highest BCUT2D eigenvalue weighted by Crippen LogP contribution is 2.40. The van der Waals surface area contributed by atoms with Gasteiger partial charge in [-0.1, -0.05) is 12.1 Å². The van der Waals surface area contributed by atoms with E-state index in [2.05, 4.69) is 22.2 Å². The van der Waals surface area contributed by atoms with Gasteiger partial charge in [0.15, 0.2) is 5.52 Å². The van der Waals surface area contributed by atoms with E-state index in [9.17, 15) is 4.79 Å². The summed E-state index contributed by atoms with van der Waals surface area (Å²) in [6.07, 6.45) is 5.98. The fourth-order valence-electron chi connectivity index (χ4n) is 4.36. The summed E-state index contributed by atoms with van der Waals surface area (Å²) in [4.78, 5) is 23.1. The fraction of sp³-hybridized carbons (Fsp3) is 0.231. The Morgan fingerprint density at radius 3 is 2.61 bits per heavy atom. The Bertz CT molecular complexity index is 1560. The summed E-state index contributed by atoms with van der Waals surface area (Å²) in [6, 6.07) is 15.8. The Morgan fingerprint density at radius 2 is 1.88 bits per heavy atom. The molecular weight excluding hydrogens is 414 g/mol. The number of benzene rings is 1. The topological polar surface area (TPSA) is 74.8 Å². The molecule has 0 amide bonds. The van der Waals surface area contributed by atoms with Crippen LogP contribution in [0.2, 0.25) is 0 Å². The van der Waals surface area contributed by atoms with Crippen LogP contribution < -0.4 is 10.3 Å². The Labute approximate surface area is 190 Å². The van der Waals surface area contributed by atoms with E-state index in [-0.39, 0.29) is 5.56 Å². The maximum atomic E-state index is 13.7. The summed E-state index contributed by atoms with van der Waals surface area (Å²) in [5.74, 6) is 1.30. The van der Waals surface area contributed by atoms with Gasteiger partial charge in [-0.05, 0) is 61.7 Å². The van der Waals surface area contributed by atoms with Gasteiger partial charge in [0.2, 0.25) is 0 Å². The minimum Gasteiger partial charge on any atom is -0.497 e. The predicted molar refractivity (Wildman–Crippen MR) is 127 cm³/mol. The first-order valence-corrected chi connectivity index (χ1v) is 11.1. The molecule has 33 heavy (non-hydrogen) atoms. The Morgan fingerprint density at radius 1 is 1.06 bits per heavy atom. The molecule has 0 N–H and O–H groups in total. The summed E-state index contributed by atoms with van der Waals surface area (Å²) in [5.41, 5.74) is 4.54. The number of aromatic nitrogens is 5. The first-order valence-electron chi connectivity index (χ1n) is 11.1. The van der Waals surface area contributed by atoms with Crippen LogP contribution in [0.4, 0.5) is 0 Å². The second-order valence-corrected chi connectivity index (χ2v) is 8.57. The molecule has 7 nitrogen and oxygen atoms in total. The van der Waals surface area contributed by atoms with Crippen LogP contribution in [0, 0.1) is 6.92 Å². The molecular formula is C26H23N5O2. The maximum Gasteiger partial charge on any atom is 0.285 e. The second-order valence-electron chi connectivity index (χ2n) is 8.57. The summed E-state index contributed by atoms with van der Waals surface area (Å²) < 4.78 is 8.75. The van der Waals surface area contributed by atoms with Gasteiger partial charge in [-0.25, -0.2) is 4.98 Å². The van der Waals surface area contributed by atoms with Crippen molar-refractivity contribution in [2.24, 2.45) is 0 Å². The van der Waals surface area contributed by atoms with Crippen molar-refractivity contribution in [1.29, 1.82) is 0 Å². The molecule has 1 saturated carbocycles. The summed E-state index contributed by atoms with van der Waals surface area (Å²) in [7, 11) is 1.65. The quantitative estimate of drug-likeness (QED) is 0.408. The van der Waals surface area contributed by atoms with E-state index in [1.54, 1.807) is 17.9 Å². The van der Waals surface area contributed by atoms with Crippen molar-refractivity contribution in [1.82, 2.24) is 24.3 Å². The number of aryl methyl sites for hydroxylation is 1. The van der Waals surface area contributed by atoms with Crippen molar-refractivity contribution in [3.8, 4) is 11.4 Å². The van der Waals surface area contributed by atoms with Crippen molar-refractivity contribution < 1.29 is 4.74 Å². The highest BCUT2D eigenvalue weighted by molar-refractivity contribution is 6.03. The molecule has 7 heteroatoms. The molecule has 0 radical (unpaired) electrons. The molecule has 4 aromatic heterocycles. The average molecular weight is 438 g/mol. The van der Waals surface area contributed by atoms with Crippen LogP contribution in [0.25, 0.3) is 27.6 Å². The first-order chi connectivity index (χ1) is 16.1. The third-order valence-corrected chi connectivity index (χ3v) is 6.29. The Balaban J connectivity index is 1.57. The van der Waals surface area contributed by atoms with Crippen LogP contribution in [-0.4, -0.2) is 31.4 Å². The molecule has 1 aliphatic rings. The molecule has 1 aliphatic carbocycles. The Kier molecular flexibility index (Phi) is 4.50. The van der Waals surface area contributed by atoms with Gasteiger partial charge in [-0.2, -0.15) is 5.10 Å². The van der Waals surface area contributed by atoms with Gasteiger partial charge >= 0.3 is 0 Å². The van der Waals surface area contributed by atoms with Crippen molar-refractivity contribution in [2.75, 3.05) is 7.11 Å². The van der Waals surface area contributed by atoms with E-state index in [4.69, 9.17) is 9.72 Å². The van der Waals surface area contributed by atoms with Crippen molar-refractivity contribution in [3.05, 3.63) is 88.2 Å². The molecule has 0 saturated heterocycles. The zero-order chi connectivity index (χ0) is 22.5. The number of methoxy groups -OCH3 is 1. The van der Waals surface area contributed by atoms with E-state index in [1.165, 1.54) is 0 Å². The van der Waals surface area contributed by atoms with Crippen LogP contribution in [0.1, 0.15) is 35.7 Å². The summed E-state index contributed by atoms with van der Waals surface area (Å²) in [5, 5.41) is 6.42. The predicted octanol–water partition coefficient (Wildman–Crippen LogP) is 4.37. The monoisotopic (exact) mass is 437 g/mol. The lowest BCUT2D eigenvalue weighted by Gasteiger charge is -2.13. The normalized spacial score (nSPS) is 13.6. The SMILES string of the molecule is COc1ccc(Cn2cc3c(n2)c(=O)n(-c2cccnc2C)c2nc(C4CC4)ccc32)cc1. The lowest BCUT2D eigenvalue weighted by Crippen LogP contribution is -2.21. The lowest BCUT2D eigenvalue weighted by molar-refractivity contribution is 0.414. The van der Waals surface area contributed by atoms with Gasteiger partial charge in [0.25, 0.3) is 5.56 Å². The molecule has 0 spiro atoms. The van der Waals surface area contributed by atoms with Gasteiger partial charge in [0.1, 0.15) is 11.4 Å². The number of hydrogen-bond donors (Lipinski definition) is 0. The molecule has 164 valence electrons. The molecule has 1 fully saturated rings. The van der Waals surface area contributed by atoms with Crippen LogP contribution in [0.15, 0.2) is 65.7 Å². The van der Waals surface area contributed by atoms with Crippen molar-refractivity contribution in [3.63, 3.8) is 0 Å². The Hall–Kier alpha value is -4.00. The molecule has 4 heterocycles. The smallest absolute Gasteiger partial charge is 0.285 e. The van der Waals surface area contributed by atoms with Gasteiger partial charge in [0, 0.05) is 34.8 Å². The highest BCUT2D eigenvalue weighted by Gasteiger charge is 2.26. The maximum absolute atomic E-state index is 13.7. The molecule has 0 atom stereocenters. The highest BCUT2D eigenvalue weighted by atomic mass is 16.5. The van der Waals surface area contributed by atoms with E-state index >= 15 is 0 Å².